The van der Waals surface area contributed by atoms with E-state index in [1.54, 1.807) is 0 Å². The normalized spacial score (nSPS) is 34.3. The van der Waals surface area contributed by atoms with Gasteiger partial charge in [0.2, 0.25) is 11.8 Å². The molecule has 4 rings (SSSR count). The molecular weight excluding hydrogens is 652 g/mol. The molecule has 2 saturated heterocycles. The Labute approximate surface area is 271 Å². The molecule has 0 saturated carbocycles. The number of hydrogen-bond acceptors (Lipinski definition) is 14. The second-order valence-electron chi connectivity index (χ2n) is 10.7. The summed E-state index contributed by atoms with van der Waals surface area (Å²) in [7, 11) is 0. The molecule has 16 nitrogen and oxygen atoms in total. The number of ether oxygens (including phenoxy) is 2. The van der Waals surface area contributed by atoms with Gasteiger partial charge in [-0.2, -0.15) is 0 Å². The molecular formula is C28H32N2O14S2. The highest BCUT2D eigenvalue weighted by atomic mass is 32.1. The highest BCUT2D eigenvalue weighted by molar-refractivity contribution is 7.81. The molecule has 0 aliphatic carbocycles. The number of hydrogen-bond donors (Lipinski definition) is 12. The first kappa shape index (κ1) is 35.6. The minimum atomic E-state index is -2.00. The van der Waals surface area contributed by atoms with Crippen molar-refractivity contribution in [3.05, 3.63) is 59.7 Å². The summed E-state index contributed by atoms with van der Waals surface area (Å²) in [5.74, 6) is -4.21. The number of rotatable bonds is 9. The molecule has 2 amide bonds. The van der Waals surface area contributed by atoms with Crippen LogP contribution >= 0.6 is 25.3 Å². The zero-order valence-corrected chi connectivity index (χ0v) is 25.4. The monoisotopic (exact) mass is 684 g/mol. The van der Waals surface area contributed by atoms with Crippen LogP contribution in [0, 0.1) is 0 Å². The van der Waals surface area contributed by atoms with Crippen molar-refractivity contribution in [3.63, 3.8) is 0 Å². The summed E-state index contributed by atoms with van der Waals surface area (Å²) >= 11 is 8.49. The van der Waals surface area contributed by atoms with Crippen molar-refractivity contribution in [2.75, 3.05) is 10.6 Å². The molecule has 0 bridgehead atoms. The molecule has 250 valence electrons. The molecule has 18 heteroatoms. The molecule has 0 radical (unpaired) electrons. The van der Waals surface area contributed by atoms with Crippen LogP contribution in [0.5, 0.6) is 0 Å². The molecule has 46 heavy (non-hydrogen) atoms. The zero-order valence-electron chi connectivity index (χ0n) is 23.6. The van der Waals surface area contributed by atoms with Gasteiger partial charge in [-0.1, -0.05) is 24.3 Å². The summed E-state index contributed by atoms with van der Waals surface area (Å²) in [6.07, 6.45) is -15.3. The van der Waals surface area contributed by atoms with E-state index < -0.39 is 82.5 Å². The summed E-state index contributed by atoms with van der Waals surface area (Å²) in [4.78, 5) is 43.8. The number of aliphatic hydroxyl groups is 6. The number of aliphatic carboxylic acids is 2. The van der Waals surface area contributed by atoms with E-state index in [0.717, 1.165) is 0 Å². The predicted molar refractivity (Wildman–Crippen MR) is 162 cm³/mol. The van der Waals surface area contributed by atoms with Gasteiger partial charge < -0.3 is 61.0 Å². The van der Waals surface area contributed by atoms with Crippen molar-refractivity contribution in [2.24, 2.45) is 0 Å². The average molecular weight is 685 g/mol. The van der Waals surface area contributed by atoms with Gasteiger partial charge in [0.05, 0.1) is 0 Å². The van der Waals surface area contributed by atoms with Crippen LogP contribution in [-0.4, -0.2) is 113 Å². The van der Waals surface area contributed by atoms with Gasteiger partial charge in [0.15, 0.2) is 22.1 Å². The van der Waals surface area contributed by atoms with Crippen LogP contribution < -0.4 is 10.6 Å². The quantitative estimate of drug-likeness (QED) is 0.132. The highest BCUT2D eigenvalue weighted by Gasteiger charge is 2.56. The standard InChI is InChI=1S/C28H32N2O14S2/c31-15(29-13-5-1-11(2-6-13)27(45)23(37)19(35)17(33)21(43-27)25(39)40)9-10-16(32)30-14-7-3-12(4-8-14)28(46)24(38)20(36)18(34)22(44-28)26(41)42/h1-8,17-24,33-38,45-46H,9-10H2,(H,29,31)(H,30,32)(H,39,40)(H,41,42)/t17-,18-,19-,20-,21-,22-,23+,24+,27+,28+/m0/s1. The second kappa shape index (κ2) is 13.8. The van der Waals surface area contributed by atoms with E-state index in [4.69, 9.17) is 9.47 Å². The zero-order chi connectivity index (χ0) is 34.1. The van der Waals surface area contributed by atoms with Gasteiger partial charge in [-0.3, -0.25) is 9.59 Å². The van der Waals surface area contributed by atoms with Crippen molar-refractivity contribution in [1.82, 2.24) is 0 Å². The van der Waals surface area contributed by atoms with E-state index in [1.165, 1.54) is 48.5 Å². The van der Waals surface area contributed by atoms with Gasteiger partial charge in [-0.25, -0.2) is 9.59 Å². The van der Waals surface area contributed by atoms with Gasteiger partial charge in [-0.15, -0.1) is 25.3 Å². The summed E-state index contributed by atoms with van der Waals surface area (Å²) < 4.78 is 10.7. The molecule has 0 aromatic heterocycles. The number of carbonyl (C=O) groups excluding carboxylic acids is 2. The predicted octanol–water partition coefficient (Wildman–Crippen LogP) is -1.66. The third kappa shape index (κ3) is 7.00. The fourth-order valence-corrected chi connectivity index (χ4v) is 5.82. The molecule has 10 N–H and O–H groups in total. The molecule has 2 aromatic rings. The van der Waals surface area contributed by atoms with Crippen LogP contribution in [0.3, 0.4) is 0 Å². The third-order valence-electron chi connectivity index (χ3n) is 7.61. The SMILES string of the molecule is O=C(CCC(=O)Nc1ccc([C@]2(S)O[C@H](C(=O)O)[C@@H](O)[C@H](O)[C@H]2O)cc1)Nc1ccc([C@]2(S)O[C@H](C(=O)O)[C@@H](O)[C@H](O)[C@H]2O)cc1. The number of carboxylic acid groups (broad SMARTS) is 2. The Bertz CT molecular complexity index is 1350. The topological polar surface area (TPSA) is 273 Å². The lowest BCUT2D eigenvalue weighted by Crippen LogP contribution is -2.62. The summed E-state index contributed by atoms with van der Waals surface area (Å²) in [6, 6.07) is 11.0. The Morgan fingerprint density at radius 1 is 0.587 bits per heavy atom. The maximum absolute atomic E-state index is 12.5. The lowest BCUT2D eigenvalue weighted by molar-refractivity contribution is -0.241. The van der Waals surface area contributed by atoms with Gasteiger partial charge >= 0.3 is 11.9 Å². The molecule has 0 spiro atoms. The molecule has 10 atom stereocenters. The number of carboxylic acids is 2. The van der Waals surface area contributed by atoms with E-state index in [2.05, 4.69) is 35.9 Å². The Hall–Kier alpha value is -3.30. The summed E-state index contributed by atoms with van der Waals surface area (Å²) in [5, 5.41) is 84.7. The highest BCUT2D eigenvalue weighted by Crippen LogP contribution is 2.43. The molecule has 0 unspecified atom stereocenters. The van der Waals surface area contributed by atoms with Crippen molar-refractivity contribution in [3.8, 4) is 0 Å². The smallest absolute Gasteiger partial charge is 0.335 e. The van der Waals surface area contributed by atoms with Gasteiger partial charge in [-0.05, 0) is 35.4 Å². The fourth-order valence-electron chi connectivity index (χ4n) is 4.99. The number of benzene rings is 2. The lowest BCUT2D eigenvalue weighted by atomic mass is 9.90. The fraction of sp³-hybridized carbons (Fsp3) is 0.429. The van der Waals surface area contributed by atoms with Crippen LogP contribution in [0.4, 0.5) is 11.4 Å². The summed E-state index contributed by atoms with van der Waals surface area (Å²) in [6.45, 7) is 0. The Morgan fingerprint density at radius 2 is 0.891 bits per heavy atom. The number of aliphatic hydroxyl groups excluding tert-OH is 6. The van der Waals surface area contributed by atoms with E-state index >= 15 is 0 Å². The van der Waals surface area contributed by atoms with E-state index in [1.807, 2.05) is 0 Å². The first-order chi connectivity index (χ1) is 21.5. The maximum Gasteiger partial charge on any atom is 0.335 e. The second-order valence-corrected chi connectivity index (χ2v) is 12.1. The molecule has 2 aliphatic heterocycles. The van der Waals surface area contributed by atoms with Crippen LogP contribution in [0.2, 0.25) is 0 Å². The average Bonchev–Trinajstić information content (AvgIpc) is 3.02. The van der Waals surface area contributed by atoms with Gasteiger partial charge in [0, 0.05) is 24.2 Å². The molecule has 2 aliphatic rings. The van der Waals surface area contributed by atoms with Crippen LogP contribution in [0.25, 0.3) is 0 Å². The number of amides is 2. The lowest BCUT2D eigenvalue weighted by Gasteiger charge is -2.45. The molecule has 2 heterocycles. The Kier molecular flexibility index (Phi) is 10.7. The van der Waals surface area contributed by atoms with E-state index in [-0.39, 0.29) is 35.3 Å². The van der Waals surface area contributed by atoms with Crippen LogP contribution in [0.1, 0.15) is 24.0 Å². The first-order valence-electron chi connectivity index (χ1n) is 13.6. The first-order valence-corrected chi connectivity index (χ1v) is 14.5. The number of thiol groups is 2. The largest absolute Gasteiger partial charge is 0.479 e. The number of nitrogens with one attached hydrogen (secondary N) is 2. The maximum atomic E-state index is 12.5. The van der Waals surface area contributed by atoms with E-state index in [9.17, 15) is 60.0 Å². The van der Waals surface area contributed by atoms with Crippen molar-refractivity contribution >= 4 is 60.4 Å². The third-order valence-corrected chi connectivity index (χ3v) is 8.87. The van der Waals surface area contributed by atoms with Crippen molar-refractivity contribution < 1.29 is 69.5 Å². The molecule has 2 aromatic carbocycles. The van der Waals surface area contributed by atoms with Gasteiger partial charge in [0.25, 0.3) is 0 Å². The Morgan fingerprint density at radius 3 is 1.17 bits per heavy atom. The van der Waals surface area contributed by atoms with Gasteiger partial charge in [0.1, 0.15) is 36.6 Å². The van der Waals surface area contributed by atoms with Crippen LogP contribution in [0.15, 0.2) is 48.5 Å². The van der Waals surface area contributed by atoms with Crippen molar-refractivity contribution in [1.29, 1.82) is 0 Å². The van der Waals surface area contributed by atoms with Crippen molar-refractivity contribution in [2.45, 2.75) is 71.5 Å². The number of anilines is 2. The van der Waals surface area contributed by atoms with E-state index in [0.29, 0.717) is 0 Å². The molecule has 2 fully saturated rings. The van der Waals surface area contributed by atoms with Crippen LogP contribution in [-0.2, 0) is 38.5 Å². The minimum Gasteiger partial charge on any atom is -0.479 e. The number of carbonyl (C=O) groups is 4. The Balaban J connectivity index is 1.31. The minimum absolute atomic E-state index is 0.132. The summed E-state index contributed by atoms with van der Waals surface area (Å²) in [5.41, 5.74) is 0.816.